The fourth-order valence-electron chi connectivity index (χ4n) is 2.26. The highest BCUT2D eigenvalue weighted by Crippen LogP contribution is 2.07. The molecule has 2 aliphatic rings. The second kappa shape index (κ2) is 7.10. The van der Waals surface area contributed by atoms with Crippen molar-refractivity contribution in [3.8, 4) is 0 Å². The zero-order valence-corrected chi connectivity index (χ0v) is 12.3. The van der Waals surface area contributed by atoms with E-state index in [-0.39, 0.29) is 13.1 Å². The number of hydrogen-bond acceptors (Lipinski definition) is 7. The van der Waals surface area contributed by atoms with Gasteiger partial charge in [-0.1, -0.05) is 0 Å². The highest BCUT2D eigenvalue weighted by Gasteiger charge is 2.39. The van der Waals surface area contributed by atoms with E-state index in [0.717, 1.165) is 9.80 Å². The van der Waals surface area contributed by atoms with Gasteiger partial charge in [-0.25, -0.2) is 14.4 Å². The Hall–Kier alpha value is -2.93. The number of hydrogen-bond donors (Lipinski definition) is 6. The van der Waals surface area contributed by atoms with Gasteiger partial charge in [-0.05, 0) is 0 Å². The number of nitrogens with zero attached hydrogens (tertiary/aromatic N) is 2. The normalized spacial score (nSPS) is 23.4. The first kappa shape index (κ1) is 17.4. The number of imide groups is 2. The predicted molar refractivity (Wildman–Crippen MR) is 73.9 cm³/mol. The Morgan fingerprint density at radius 1 is 0.875 bits per heavy atom. The van der Waals surface area contributed by atoms with Crippen LogP contribution in [0.5, 0.6) is 0 Å². The quantitative estimate of drug-likeness (QED) is 0.266. The maximum absolute atomic E-state index is 11.7. The van der Waals surface area contributed by atoms with E-state index >= 15 is 0 Å². The van der Waals surface area contributed by atoms with E-state index in [9.17, 15) is 24.0 Å². The first-order valence-corrected chi connectivity index (χ1v) is 6.85. The van der Waals surface area contributed by atoms with Crippen LogP contribution in [0.1, 0.15) is 0 Å². The van der Waals surface area contributed by atoms with Gasteiger partial charge in [-0.2, -0.15) is 0 Å². The molecule has 0 saturated carbocycles. The second-order valence-electron chi connectivity index (χ2n) is 4.93. The number of aliphatic hydroxyl groups is 2. The minimum Gasteiger partial charge on any atom is -0.376 e. The van der Waals surface area contributed by atoms with Crippen molar-refractivity contribution in [1.82, 2.24) is 31.1 Å². The van der Waals surface area contributed by atoms with Gasteiger partial charge in [0.25, 0.3) is 11.8 Å². The molecule has 24 heavy (non-hydrogen) atoms. The van der Waals surface area contributed by atoms with E-state index in [1.807, 2.05) is 10.6 Å². The molecular weight excluding hydrogens is 328 g/mol. The van der Waals surface area contributed by atoms with Gasteiger partial charge >= 0.3 is 18.1 Å². The average Bonchev–Trinajstić information content (AvgIpc) is 2.96. The van der Waals surface area contributed by atoms with Crippen molar-refractivity contribution in [2.45, 2.75) is 12.1 Å². The number of carbonyl (C=O) groups excluding carboxylic acids is 5. The predicted octanol–water partition coefficient (Wildman–Crippen LogP) is -3.97. The Bertz CT molecular complexity index is 533. The first-order valence-electron chi connectivity index (χ1n) is 6.85. The van der Waals surface area contributed by atoms with Crippen molar-refractivity contribution in [3.05, 3.63) is 0 Å². The fraction of sp³-hybridized carbons (Fsp3) is 0.545. The van der Waals surface area contributed by atoms with Gasteiger partial charge in [0.1, 0.15) is 25.5 Å². The lowest BCUT2D eigenvalue weighted by atomic mass is 10.2. The molecule has 0 aliphatic carbocycles. The van der Waals surface area contributed by atoms with Crippen molar-refractivity contribution in [2.75, 3.05) is 26.6 Å². The van der Waals surface area contributed by atoms with Gasteiger partial charge in [0.05, 0.1) is 0 Å². The number of urea groups is 3. The molecule has 2 heterocycles. The zero-order valence-electron chi connectivity index (χ0n) is 12.3. The van der Waals surface area contributed by atoms with E-state index < -0.39 is 55.5 Å². The number of carbonyl (C=O) groups is 5. The molecule has 0 aromatic rings. The van der Waals surface area contributed by atoms with Gasteiger partial charge in [0.15, 0.2) is 0 Å². The summed E-state index contributed by atoms with van der Waals surface area (Å²) < 4.78 is 0. The molecule has 2 atom stereocenters. The Labute approximate surface area is 134 Å². The summed E-state index contributed by atoms with van der Waals surface area (Å²) in [6.45, 7) is -1.91. The van der Waals surface area contributed by atoms with Crippen LogP contribution in [0.4, 0.5) is 14.4 Å². The summed E-state index contributed by atoms with van der Waals surface area (Å²) in [7, 11) is 0. The molecule has 2 rings (SSSR count). The molecule has 13 heteroatoms. The molecule has 13 nitrogen and oxygen atoms in total. The van der Waals surface area contributed by atoms with Gasteiger partial charge < -0.3 is 20.8 Å². The van der Waals surface area contributed by atoms with Crippen molar-refractivity contribution < 1.29 is 34.2 Å². The monoisotopic (exact) mass is 344 g/mol. The van der Waals surface area contributed by atoms with Crippen molar-refractivity contribution in [3.63, 3.8) is 0 Å². The van der Waals surface area contributed by atoms with Gasteiger partial charge in [0, 0.05) is 13.1 Å². The van der Waals surface area contributed by atoms with Crippen molar-refractivity contribution in [2.24, 2.45) is 0 Å². The number of aliphatic hydroxyl groups excluding tert-OH is 2. The van der Waals surface area contributed by atoms with Crippen LogP contribution in [0.15, 0.2) is 0 Å². The highest BCUT2D eigenvalue weighted by atomic mass is 16.3. The summed E-state index contributed by atoms with van der Waals surface area (Å²) in [6, 6.07) is -4.41. The van der Waals surface area contributed by atoms with Crippen LogP contribution in [0.2, 0.25) is 0 Å². The summed E-state index contributed by atoms with van der Waals surface area (Å²) in [5.41, 5.74) is 0. The molecule has 2 saturated heterocycles. The molecule has 8 amide bonds. The van der Waals surface area contributed by atoms with Crippen LogP contribution in [0, 0.1) is 0 Å². The minimum atomic E-state index is -1.06. The molecule has 2 unspecified atom stereocenters. The number of amides is 8. The maximum Gasteiger partial charge on any atom is 0.326 e. The molecule has 2 aliphatic heterocycles. The lowest BCUT2D eigenvalue weighted by Gasteiger charge is -2.21. The Balaban J connectivity index is 1.81. The summed E-state index contributed by atoms with van der Waals surface area (Å²) in [5, 5.41) is 26.6. The van der Waals surface area contributed by atoms with E-state index in [0.29, 0.717) is 0 Å². The van der Waals surface area contributed by atoms with Gasteiger partial charge in [0.2, 0.25) is 0 Å². The lowest BCUT2D eigenvalue weighted by Crippen LogP contribution is -2.50. The van der Waals surface area contributed by atoms with Gasteiger partial charge in [-0.15, -0.1) is 0 Å². The van der Waals surface area contributed by atoms with Crippen LogP contribution in [0.25, 0.3) is 0 Å². The Morgan fingerprint density at radius 3 is 1.58 bits per heavy atom. The smallest absolute Gasteiger partial charge is 0.326 e. The van der Waals surface area contributed by atoms with Crippen LogP contribution < -0.4 is 21.3 Å². The minimum absolute atomic E-state index is 0.260. The molecule has 0 aromatic carbocycles. The van der Waals surface area contributed by atoms with Crippen LogP contribution in [0.3, 0.4) is 0 Å². The molecule has 132 valence electrons. The summed E-state index contributed by atoms with van der Waals surface area (Å²) in [4.78, 5) is 59.0. The topological polar surface area (TPSA) is 180 Å². The SMILES string of the molecule is O=C(NCC1C(=O)NC(=O)N1CO)NCC1C(=O)NC(=O)N1CO. The molecule has 2 fully saturated rings. The van der Waals surface area contributed by atoms with E-state index in [1.165, 1.54) is 0 Å². The molecule has 0 bridgehead atoms. The highest BCUT2D eigenvalue weighted by molar-refractivity contribution is 6.05. The first-order chi connectivity index (χ1) is 11.4. The van der Waals surface area contributed by atoms with Gasteiger partial charge in [-0.3, -0.25) is 30.0 Å². The lowest BCUT2D eigenvalue weighted by molar-refractivity contribution is -0.122. The Kier molecular flexibility index (Phi) is 5.15. The van der Waals surface area contributed by atoms with Crippen LogP contribution >= 0.6 is 0 Å². The number of nitrogens with one attached hydrogen (secondary N) is 4. The molecule has 0 aromatic heterocycles. The zero-order chi connectivity index (χ0) is 17.9. The van der Waals surface area contributed by atoms with E-state index in [1.54, 1.807) is 0 Å². The summed E-state index contributed by atoms with van der Waals surface area (Å²) >= 11 is 0. The third-order valence-corrected chi connectivity index (χ3v) is 3.56. The molecule has 0 spiro atoms. The summed E-state index contributed by atoms with van der Waals surface area (Å²) in [6.07, 6.45) is 0. The number of rotatable bonds is 6. The van der Waals surface area contributed by atoms with Crippen LogP contribution in [-0.4, -0.2) is 88.6 Å². The van der Waals surface area contributed by atoms with Crippen LogP contribution in [-0.2, 0) is 9.59 Å². The third kappa shape index (κ3) is 3.36. The average molecular weight is 344 g/mol. The Morgan fingerprint density at radius 2 is 1.25 bits per heavy atom. The maximum atomic E-state index is 11.7. The summed E-state index contributed by atoms with van der Waals surface area (Å²) in [5.74, 6) is -1.33. The van der Waals surface area contributed by atoms with Crippen molar-refractivity contribution >= 4 is 29.9 Å². The standard InChI is InChI=1S/C11H16N6O7/c18-3-16-5(7(20)14-10(16)23)1-12-9(22)13-2-6-8(21)15-11(24)17(6)4-19/h5-6,18-19H,1-4H2,(H2,12,13,22)(H,14,20,23)(H,15,21,24). The van der Waals surface area contributed by atoms with E-state index in [2.05, 4.69) is 10.6 Å². The largest absolute Gasteiger partial charge is 0.376 e. The van der Waals surface area contributed by atoms with Crippen molar-refractivity contribution in [1.29, 1.82) is 0 Å². The fourth-order valence-corrected chi connectivity index (χ4v) is 2.26. The molecular formula is C11H16N6O7. The second-order valence-corrected chi connectivity index (χ2v) is 4.93. The molecule has 6 N–H and O–H groups in total. The van der Waals surface area contributed by atoms with E-state index in [4.69, 9.17) is 10.2 Å². The third-order valence-electron chi connectivity index (χ3n) is 3.56. The molecule has 0 radical (unpaired) electrons.